The smallest absolute Gasteiger partial charge is 0.416 e. The molecule has 6 heteroatoms. The number of carbonyl (C=O) groups excluding carboxylic acids is 1. The summed E-state index contributed by atoms with van der Waals surface area (Å²) in [5, 5.41) is 0. The summed E-state index contributed by atoms with van der Waals surface area (Å²) in [5.41, 5.74) is -3.07. The van der Waals surface area contributed by atoms with E-state index in [-0.39, 0.29) is 5.56 Å². The van der Waals surface area contributed by atoms with Gasteiger partial charge in [-0.2, -0.15) is 13.2 Å². The van der Waals surface area contributed by atoms with Crippen LogP contribution in [0.25, 0.3) is 0 Å². The summed E-state index contributed by atoms with van der Waals surface area (Å²) in [6, 6.07) is 12.9. The molecule has 1 unspecified atom stereocenters. The number of esters is 1. The van der Waals surface area contributed by atoms with Gasteiger partial charge in [-0.1, -0.05) is 42.5 Å². The van der Waals surface area contributed by atoms with E-state index < -0.39 is 28.9 Å². The average Bonchev–Trinajstić information content (AvgIpc) is 2.55. The molecule has 140 valence electrons. The third-order valence-corrected chi connectivity index (χ3v) is 3.77. The number of rotatable bonds is 4. The van der Waals surface area contributed by atoms with Crippen molar-refractivity contribution < 1.29 is 27.4 Å². The monoisotopic (exact) mass is 366 g/mol. The van der Waals surface area contributed by atoms with E-state index >= 15 is 0 Å². The SMILES string of the molecule is COC(C(=O)OC(C)(C)C)(c1ccccc1)c1cccc(C(F)(F)F)c1. The molecule has 2 aromatic rings. The highest BCUT2D eigenvalue weighted by Gasteiger charge is 2.46. The number of hydrogen-bond donors (Lipinski definition) is 0. The Morgan fingerprint density at radius 2 is 1.38 bits per heavy atom. The molecule has 0 heterocycles. The van der Waals surface area contributed by atoms with E-state index in [1.807, 2.05) is 0 Å². The maximum atomic E-state index is 13.2. The third kappa shape index (κ3) is 4.07. The fourth-order valence-electron chi connectivity index (χ4n) is 2.66. The zero-order chi connectivity index (χ0) is 19.6. The standard InChI is InChI=1S/C20H21F3O3/c1-18(2,3)26-17(24)19(25-4,14-9-6-5-7-10-14)15-11-8-12-16(13-15)20(21,22)23/h5-13H,1-4H3. The molecule has 1 atom stereocenters. The summed E-state index contributed by atoms with van der Waals surface area (Å²) in [6.45, 7) is 5.05. The van der Waals surface area contributed by atoms with Gasteiger partial charge in [0.25, 0.3) is 0 Å². The van der Waals surface area contributed by atoms with Crippen LogP contribution in [-0.4, -0.2) is 18.7 Å². The second-order valence-corrected chi connectivity index (χ2v) is 6.83. The van der Waals surface area contributed by atoms with Gasteiger partial charge >= 0.3 is 12.1 Å². The summed E-state index contributed by atoms with van der Waals surface area (Å²) in [6.07, 6.45) is -4.54. The van der Waals surface area contributed by atoms with E-state index in [9.17, 15) is 18.0 Å². The molecule has 0 aliphatic carbocycles. The first-order chi connectivity index (χ1) is 12.0. The van der Waals surface area contributed by atoms with Crippen LogP contribution in [0, 0.1) is 0 Å². The first-order valence-electron chi connectivity index (χ1n) is 8.02. The number of methoxy groups -OCH3 is 1. The Hall–Kier alpha value is -2.34. The first kappa shape index (κ1) is 20.0. The number of ether oxygens (including phenoxy) is 2. The maximum Gasteiger partial charge on any atom is 0.416 e. The van der Waals surface area contributed by atoms with E-state index in [1.54, 1.807) is 51.1 Å². The Kier molecular flexibility index (Phi) is 5.47. The molecule has 3 nitrogen and oxygen atoms in total. The van der Waals surface area contributed by atoms with E-state index in [0.717, 1.165) is 12.1 Å². The van der Waals surface area contributed by atoms with Crippen molar-refractivity contribution in [3.63, 3.8) is 0 Å². The molecule has 0 aromatic heterocycles. The van der Waals surface area contributed by atoms with Crippen molar-refractivity contribution in [2.24, 2.45) is 0 Å². The Morgan fingerprint density at radius 1 is 0.846 bits per heavy atom. The van der Waals surface area contributed by atoms with E-state index in [4.69, 9.17) is 9.47 Å². The predicted molar refractivity (Wildman–Crippen MR) is 91.5 cm³/mol. The summed E-state index contributed by atoms with van der Waals surface area (Å²) in [5.74, 6) is -0.780. The summed E-state index contributed by atoms with van der Waals surface area (Å²) < 4.78 is 50.6. The minimum absolute atomic E-state index is 0.0512. The van der Waals surface area contributed by atoms with Crippen LogP contribution in [-0.2, 0) is 26.0 Å². The summed E-state index contributed by atoms with van der Waals surface area (Å²) >= 11 is 0. The topological polar surface area (TPSA) is 35.5 Å². The molecule has 2 rings (SSSR count). The predicted octanol–water partition coefficient (Wildman–Crippen LogP) is 4.94. The Morgan fingerprint density at radius 3 is 1.88 bits per heavy atom. The fraction of sp³-hybridized carbons (Fsp3) is 0.350. The van der Waals surface area contributed by atoms with Gasteiger partial charge in [0.05, 0.1) is 5.56 Å². The summed E-state index contributed by atoms with van der Waals surface area (Å²) in [4.78, 5) is 13.0. The molecule has 0 amide bonds. The Labute approximate surface area is 150 Å². The molecule has 0 fully saturated rings. The van der Waals surface area contributed by atoms with Gasteiger partial charge in [0.15, 0.2) is 0 Å². The molecule has 0 spiro atoms. The van der Waals surface area contributed by atoms with Crippen LogP contribution in [0.4, 0.5) is 13.2 Å². The fourth-order valence-corrected chi connectivity index (χ4v) is 2.66. The third-order valence-electron chi connectivity index (χ3n) is 3.77. The lowest BCUT2D eigenvalue weighted by Gasteiger charge is -2.34. The number of halogens is 3. The lowest BCUT2D eigenvalue weighted by atomic mass is 9.85. The van der Waals surface area contributed by atoms with Gasteiger partial charge in [0.2, 0.25) is 5.60 Å². The molecule has 0 N–H and O–H groups in total. The molecule has 0 bridgehead atoms. The number of hydrogen-bond acceptors (Lipinski definition) is 3. The molecule has 0 saturated carbocycles. The Bertz CT molecular complexity index is 764. The minimum Gasteiger partial charge on any atom is -0.457 e. The van der Waals surface area contributed by atoms with Crippen molar-refractivity contribution in [2.75, 3.05) is 7.11 Å². The molecular formula is C20H21F3O3. The molecule has 26 heavy (non-hydrogen) atoms. The van der Waals surface area contributed by atoms with Gasteiger partial charge < -0.3 is 9.47 Å². The van der Waals surface area contributed by atoms with Crippen molar-refractivity contribution in [3.8, 4) is 0 Å². The molecule has 0 aliphatic rings. The van der Waals surface area contributed by atoms with Crippen LogP contribution in [0.5, 0.6) is 0 Å². The Balaban J connectivity index is 2.70. The van der Waals surface area contributed by atoms with E-state index in [1.165, 1.54) is 19.2 Å². The van der Waals surface area contributed by atoms with Gasteiger partial charge in [-0.15, -0.1) is 0 Å². The van der Waals surface area contributed by atoms with Crippen LogP contribution in [0.1, 0.15) is 37.5 Å². The van der Waals surface area contributed by atoms with Crippen LogP contribution in [0.2, 0.25) is 0 Å². The molecule has 0 saturated heterocycles. The lowest BCUT2D eigenvalue weighted by molar-refractivity contribution is -0.177. The largest absolute Gasteiger partial charge is 0.457 e. The molecular weight excluding hydrogens is 345 g/mol. The number of carbonyl (C=O) groups is 1. The van der Waals surface area contributed by atoms with E-state index in [0.29, 0.717) is 5.56 Å². The zero-order valence-electron chi connectivity index (χ0n) is 15.1. The van der Waals surface area contributed by atoms with Gasteiger partial charge in [-0.05, 0) is 38.5 Å². The van der Waals surface area contributed by atoms with E-state index in [2.05, 4.69) is 0 Å². The van der Waals surface area contributed by atoms with Gasteiger partial charge in [0, 0.05) is 12.7 Å². The van der Waals surface area contributed by atoms with Crippen molar-refractivity contribution in [2.45, 2.75) is 38.1 Å². The maximum absolute atomic E-state index is 13.2. The average molecular weight is 366 g/mol. The van der Waals surface area contributed by atoms with Crippen LogP contribution < -0.4 is 0 Å². The van der Waals surface area contributed by atoms with Crippen molar-refractivity contribution in [1.82, 2.24) is 0 Å². The summed E-state index contributed by atoms with van der Waals surface area (Å²) in [7, 11) is 1.27. The molecule has 0 radical (unpaired) electrons. The minimum atomic E-state index is -4.54. The van der Waals surface area contributed by atoms with Gasteiger partial charge in [0.1, 0.15) is 5.60 Å². The van der Waals surface area contributed by atoms with Crippen LogP contribution in [0.3, 0.4) is 0 Å². The second kappa shape index (κ2) is 7.11. The van der Waals surface area contributed by atoms with Crippen LogP contribution in [0.15, 0.2) is 54.6 Å². The van der Waals surface area contributed by atoms with Crippen LogP contribution >= 0.6 is 0 Å². The molecule has 0 aliphatic heterocycles. The normalized spacial score (nSPS) is 14.6. The highest BCUT2D eigenvalue weighted by Crippen LogP contribution is 2.38. The van der Waals surface area contributed by atoms with Crippen molar-refractivity contribution in [3.05, 3.63) is 71.3 Å². The first-order valence-corrected chi connectivity index (χ1v) is 8.02. The highest BCUT2D eigenvalue weighted by molar-refractivity contribution is 5.86. The van der Waals surface area contributed by atoms with Gasteiger partial charge in [-0.3, -0.25) is 0 Å². The highest BCUT2D eigenvalue weighted by atomic mass is 19.4. The number of benzene rings is 2. The quantitative estimate of drug-likeness (QED) is 0.719. The van der Waals surface area contributed by atoms with Crippen molar-refractivity contribution >= 4 is 5.97 Å². The lowest BCUT2D eigenvalue weighted by Crippen LogP contribution is -2.44. The zero-order valence-corrected chi connectivity index (χ0v) is 15.1. The number of alkyl halides is 3. The second-order valence-electron chi connectivity index (χ2n) is 6.83. The molecule has 2 aromatic carbocycles. The van der Waals surface area contributed by atoms with Crippen molar-refractivity contribution in [1.29, 1.82) is 0 Å². The van der Waals surface area contributed by atoms with Gasteiger partial charge in [-0.25, -0.2) is 4.79 Å².